The number of thioether (sulfide) groups is 1. The second-order valence-electron chi connectivity index (χ2n) is 3.83. The van der Waals surface area contributed by atoms with Crippen LogP contribution >= 0.6 is 27.7 Å². The van der Waals surface area contributed by atoms with E-state index in [0.29, 0.717) is 6.04 Å². The van der Waals surface area contributed by atoms with E-state index in [2.05, 4.69) is 27.5 Å². The Kier molecular flexibility index (Phi) is 5.31. The van der Waals surface area contributed by atoms with E-state index in [4.69, 9.17) is 0 Å². The van der Waals surface area contributed by atoms with E-state index in [9.17, 15) is 4.79 Å². The summed E-state index contributed by atoms with van der Waals surface area (Å²) in [6, 6.07) is 0.408. The molecule has 82 valence electrons. The largest absolute Gasteiger partial charge is 0.352 e. The van der Waals surface area contributed by atoms with Crippen molar-refractivity contribution in [1.82, 2.24) is 5.32 Å². The lowest BCUT2D eigenvalue weighted by atomic mass is 9.95. The molecule has 1 unspecified atom stereocenters. The van der Waals surface area contributed by atoms with Crippen LogP contribution in [0.4, 0.5) is 0 Å². The third-order valence-electron chi connectivity index (χ3n) is 2.72. The Morgan fingerprint density at radius 1 is 1.43 bits per heavy atom. The van der Waals surface area contributed by atoms with Crippen molar-refractivity contribution in [3.8, 4) is 0 Å². The van der Waals surface area contributed by atoms with Crippen molar-refractivity contribution in [3.63, 3.8) is 0 Å². The van der Waals surface area contributed by atoms with Gasteiger partial charge in [0.2, 0.25) is 5.91 Å². The van der Waals surface area contributed by atoms with Gasteiger partial charge in [-0.1, -0.05) is 15.9 Å². The Hall–Kier alpha value is 0.300. The molecule has 0 heterocycles. The zero-order chi connectivity index (χ0) is 10.6. The van der Waals surface area contributed by atoms with Crippen LogP contribution in [0.2, 0.25) is 0 Å². The first kappa shape index (κ1) is 12.4. The van der Waals surface area contributed by atoms with Crippen LogP contribution in [0, 0.1) is 0 Å². The van der Waals surface area contributed by atoms with Gasteiger partial charge in [0.1, 0.15) is 0 Å². The van der Waals surface area contributed by atoms with Gasteiger partial charge < -0.3 is 5.32 Å². The van der Waals surface area contributed by atoms with Crippen molar-refractivity contribution < 1.29 is 4.79 Å². The summed E-state index contributed by atoms with van der Waals surface area (Å²) in [5.41, 5.74) is 0. The molecule has 0 saturated heterocycles. The molecule has 1 fully saturated rings. The maximum absolute atomic E-state index is 11.4. The minimum absolute atomic E-state index is 0.0687. The van der Waals surface area contributed by atoms with E-state index < -0.39 is 0 Å². The lowest BCUT2D eigenvalue weighted by Crippen LogP contribution is -2.40. The number of carbonyl (C=O) groups is 1. The van der Waals surface area contributed by atoms with Gasteiger partial charge in [-0.3, -0.25) is 4.79 Å². The maximum atomic E-state index is 11.4. The molecule has 4 heteroatoms. The second kappa shape index (κ2) is 6.01. The lowest BCUT2D eigenvalue weighted by molar-refractivity contribution is -0.121. The van der Waals surface area contributed by atoms with Crippen molar-refractivity contribution in [2.75, 3.05) is 6.26 Å². The highest BCUT2D eigenvalue weighted by Crippen LogP contribution is 2.26. The number of amides is 1. The summed E-state index contributed by atoms with van der Waals surface area (Å²) in [6.45, 7) is 1.86. The van der Waals surface area contributed by atoms with Gasteiger partial charge in [-0.2, -0.15) is 11.8 Å². The number of alkyl halides is 1. The van der Waals surface area contributed by atoms with Crippen LogP contribution in [0.5, 0.6) is 0 Å². The molecule has 1 aliphatic carbocycles. The third-order valence-corrected chi connectivity index (χ3v) is 4.27. The first-order valence-corrected chi connectivity index (χ1v) is 7.31. The molecule has 1 atom stereocenters. The molecule has 0 radical (unpaired) electrons. The number of hydrogen-bond acceptors (Lipinski definition) is 2. The van der Waals surface area contributed by atoms with E-state index >= 15 is 0 Å². The third kappa shape index (κ3) is 3.81. The molecule has 1 aliphatic rings. The fourth-order valence-corrected chi connectivity index (χ4v) is 2.63. The SMILES string of the molecule is CSC1CCC(NC(=O)C(C)Br)CC1. The highest BCUT2D eigenvalue weighted by atomic mass is 79.9. The van der Waals surface area contributed by atoms with Crippen molar-refractivity contribution in [2.45, 2.75) is 48.7 Å². The summed E-state index contributed by atoms with van der Waals surface area (Å²) in [5.74, 6) is 0.123. The standard InChI is InChI=1S/C10H18BrNOS/c1-7(11)10(13)12-8-3-5-9(14-2)6-4-8/h7-9H,3-6H2,1-2H3,(H,12,13). The molecule has 2 nitrogen and oxygen atoms in total. The Balaban J connectivity index is 2.25. The smallest absolute Gasteiger partial charge is 0.233 e. The zero-order valence-electron chi connectivity index (χ0n) is 8.75. The average Bonchev–Trinajstić information content (AvgIpc) is 2.19. The number of rotatable bonds is 3. The summed E-state index contributed by atoms with van der Waals surface area (Å²) in [7, 11) is 0. The number of carbonyl (C=O) groups excluding carboxylic acids is 1. The maximum Gasteiger partial charge on any atom is 0.233 e. The van der Waals surface area contributed by atoms with Crippen LogP contribution in [0.3, 0.4) is 0 Å². The van der Waals surface area contributed by atoms with Crippen LogP contribution in [0.15, 0.2) is 0 Å². The summed E-state index contributed by atoms with van der Waals surface area (Å²) in [4.78, 5) is 11.3. The summed E-state index contributed by atoms with van der Waals surface area (Å²) in [5, 5.41) is 3.88. The molecule has 0 bridgehead atoms. The van der Waals surface area contributed by atoms with Gasteiger partial charge in [0.05, 0.1) is 4.83 Å². The van der Waals surface area contributed by atoms with Crippen LogP contribution in [-0.2, 0) is 4.79 Å². The fraction of sp³-hybridized carbons (Fsp3) is 0.900. The first-order valence-electron chi connectivity index (χ1n) is 5.10. The lowest BCUT2D eigenvalue weighted by Gasteiger charge is -2.28. The molecule has 0 aromatic heterocycles. The highest BCUT2D eigenvalue weighted by molar-refractivity contribution is 9.10. The molecule has 1 N–H and O–H groups in total. The van der Waals surface area contributed by atoms with Crippen LogP contribution < -0.4 is 5.32 Å². The van der Waals surface area contributed by atoms with E-state index in [1.54, 1.807) is 0 Å². The molecule has 1 rings (SSSR count). The van der Waals surface area contributed by atoms with Gasteiger partial charge in [0, 0.05) is 11.3 Å². The molecule has 14 heavy (non-hydrogen) atoms. The number of nitrogens with one attached hydrogen (secondary N) is 1. The number of halogens is 1. The highest BCUT2D eigenvalue weighted by Gasteiger charge is 2.22. The Labute approximate surface area is 98.7 Å². The molecular formula is C10H18BrNOS. The molecular weight excluding hydrogens is 262 g/mol. The summed E-state index contributed by atoms with van der Waals surface area (Å²) < 4.78 is 0. The molecule has 0 aromatic rings. The minimum atomic E-state index is -0.0687. The van der Waals surface area contributed by atoms with Gasteiger partial charge in [0.25, 0.3) is 0 Å². The normalized spacial score (nSPS) is 29.6. The fourth-order valence-electron chi connectivity index (χ4n) is 1.76. The van der Waals surface area contributed by atoms with Crippen molar-refractivity contribution in [2.24, 2.45) is 0 Å². The zero-order valence-corrected chi connectivity index (χ0v) is 11.2. The van der Waals surface area contributed by atoms with E-state index in [1.807, 2.05) is 18.7 Å². The van der Waals surface area contributed by atoms with Gasteiger partial charge in [0.15, 0.2) is 0 Å². The molecule has 0 spiro atoms. The summed E-state index contributed by atoms with van der Waals surface area (Å²) in [6.07, 6.45) is 6.92. The van der Waals surface area contributed by atoms with Gasteiger partial charge >= 0.3 is 0 Å². The van der Waals surface area contributed by atoms with Crippen molar-refractivity contribution >= 4 is 33.6 Å². The van der Waals surface area contributed by atoms with Gasteiger partial charge in [-0.25, -0.2) is 0 Å². The predicted molar refractivity (Wildman–Crippen MR) is 66.1 cm³/mol. The second-order valence-corrected chi connectivity index (χ2v) is 6.35. The minimum Gasteiger partial charge on any atom is -0.352 e. The van der Waals surface area contributed by atoms with Gasteiger partial charge in [-0.15, -0.1) is 0 Å². The Bertz CT molecular complexity index is 191. The van der Waals surface area contributed by atoms with Crippen LogP contribution in [0.25, 0.3) is 0 Å². The quantitative estimate of drug-likeness (QED) is 0.805. The van der Waals surface area contributed by atoms with Crippen molar-refractivity contribution in [3.05, 3.63) is 0 Å². The van der Waals surface area contributed by atoms with Crippen LogP contribution in [0.1, 0.15) is 32.6 Å². The summed E-state index contributed by atoms with van der Waals surface area (Å²) >= 11 is 5.23. The molecule has 0 aliphatic heterocycles. The number of hydrogen-bond donors (Lipinski definition) is 1. The molecule has 1 saturated carbocycles. The monoisotopic (exact) mass is 279 g/mol. The van der Waals surface area contributed by atoms with Crippen molar-refractivity contribution in [1.29, 1.82) is 0 Å². The first-order chi connectivity index (χ1) is 6.63. The topological polar surface area (TPSA) is 29.1 Å². The van der Waals surface area contributed by atoms with Gasteiger partial charge in [-0.05, 0) is 38.9 Å². The molecule has 1 amide bonds. The van der Waals surface area contributed by atoms with E-state index in [-0.39, 0.29) is 10.7 Å². The van der Waals surface area contributed by atoms with Crippen LogP contribution in [-0.4, -0.2) is 28.3 Å². The Morgan fingerprint density at radius 3 is 2.43 bits per heavy atom. The Morgan fingerprint density at radius 2 is 2.00 bits per heavy atom. The average molecular weight is 280 g/mol. The molecule has 0 aromatic carbocycles. The predicted octanol–water partition coefficient (Wildman–Crippen LogP) is 2.56. The van der Waals surface area contributed by atoms with E-state index in [1.165, 1.54) is 12.8 Å². The van der Waals surface area contributed by atoms with E-state index in [0.717, 1.165) is 18.1 Å².